The first-order valence-corrected chi connectivity index (χ1v) is 6.52. The summed E-state index contributed by atoms with van der Waals surface area (Å²) in [7, 11) is 0. The molecule has 0 radical (unpaired) electrons. The van der Waals surface area contributed by atoms with Gasteiger partial charge in [0.2, 0.25) is 0 Å². The van der Waals surface area contributed by atoms with Crippen LogP contribution in [-0.2, 0) is 0 Å². The molecule has 0 saturated carbocycles. The molecule has 0 aromatic rings. The van der Waals surface area contributed by atoms with E-state index < -0.39 is 0 Å². The Morgan fingerprint density at radius 3 is 2.20 bits per heavy atom. The molecule has 1 atom stereocenters. The van der Waals surface area contributed by atoms with Crippen molar-refractivity contribution in [3.05, 3.63) is 0 Å². The summed E-state index contributed by atoms with van der Waals surface area (Å²) in [6.07, 6.45) is 7.91. The molecule has 1 unspecified atom stereocenters. The highest BCUT2D eigenvalue weighted by molar-refractivity contribution is 4.85. The van der Waals surface area contributed by atoms with Crippen molar-refractivity contribution < 1.29 is 0 Å². The lowest BCUT2D eigenvalue weighted by Crippen LogP contribution is -2.51. The molecule has 2 heteroatoms. The summed E-state index contributed by atoms with van der Waals surface area (Å²) in [4.78, 5) is 0. The lowest BCUT2D eigenvalue weighted by atomic mass is 9.93. The number of nitrogens with two attached hydrogens (primary N) is 1. The van der Waals surface area contributed by atoms with Crippen LogP contribution in [0, 0.1) is 0 Å². The molecule has 0 aliphatic rings. The third-order valence-corrected chi connectivity index (χ3v) is 2.92. The molecule has 0 amide bonds. The number of unbranched alkanes of at least 4 members (excludes halogenated alkanes) is 4. The van der Waals surface area contributed by atoms with Crippen LogP contribution in [-0.4, -0.2) is 18.1 Å². The molecule has 0 saturated heterocycles. The van der Waals surface area contributed by atoms with Crippen molar-refractivity contribution in [3.8, 4) is 0 Å². The Hall–Kier alpha value is -0.0800. The molecule has 0 fully saturated rings. The first kappa shape index (κ1) is 14.9. The van der Waals surface area contributed by atoms with Gasteiger partial charge in [0, 0.05) is 18.1 Å². The Morgan fingerprint density at radius 2 is 1.73 bits per heavy atom. The summed E-state index contributed by atoms with van der Waals surface area (Å²) in [5.41, 5.74) is 5.97. The smallest absolute Gasteiger partial charge is 0.0277 e. The fraction of sp³-hybridized carbons (Fsp3) is 1.00. The minimum atomic E-state index is 0.139. The maximum atomic E-state index is 5.83. The third kappa shape index (κ3) is 7.80. The van der Waals surface area contributed by atoms with Crippen LogP contribution in [0.15, 0.2) is 0 Å². The van der Waals surface area contributed by atoms with Gasteiger partial charge in [-0.1, -0.05) is 52.9 Å². The highest BCUT2D eigenvalue weighted by Crippen LogP contribution is 2.15. The van der Waals surface area contributed by atoms with E-state index in [-0.39, 0.29) is 5.54 Å². The molecular formula is C13H30N2. The molecule has 0 heterocycles. The SMILES string of the molecule is CCCCCCCC(C)(CN)NC(C)C. The van der Waals surface area contributed by atoms with E-state index >= 15 is 0 Å². The van der Waals surface area contributed by atoms with Crippen molar-refractivity contribution >= 4 is 0 Å². The van der Waals surface area contributed by atoms with Gasteiger partial charge in [0.1, 0.15) is 0 Å². The van der Waals surface area contributed by atoms with Gasteiger partial charge in [0.25, 0.3) is 0 Å². The molecule has 3 N–H and O–H groups in total. The van der Waals surface area contributed by atoms with E-state index in [2.05, 4.69) is 33.0 Å². The van der Waals surface area contributed by atoms with E-state index in [0.717, 1.165) is 6.54 Å². The number of hydrogen-bond acceptors (Lipinski definition) is 2. The normalized spacial score (nSPS) is 15.6. The molecule has 0 spiro atoms. The number of nitrogens with one attached hydrogen (secondary N) is 1. The molecule has 0 rings (SSSR count). The monoisotopic (exact) mass is 214 g/mol. The molecule has 0 aromatic heterocycles. The average molecular weight is 214 g/mol. The van der Waals surface area contributed by atoms with Crippen LogP contribution >= 0.6 is 0 Å². The molecule has 0 aliphatic carbocycles. The van der Waals surface area contributed by atoms with Crippen molar-refractivity contribution in [2.24, 2.45) is 5.73 Å². The second kappa shape index (κ2) is 8.12. The Morgan fingerprint density at radius 1 is 1.13 bits per heavy atom. The third-order valence-electron chi connectivity index (χ3n) is 2.92. The summed E-state index contributed by atoms with van der Waals surface area (Å²) in [5, 5.41) is 3.57. The van der Waals surface area contributed by atoms with Crippen molar-refractivity contribution in [1.29, 1.82) is 0 Å². The van der Waals surface area contributed by atoms with Crippen LogP contribution in [0.3, 0.4) is 0 Å². The molecular weight excluding hydrogens is 184 g/mol. The predicted octanol–water partition coefficient (Wildman–Crippen LogP) is 3.06. The van der Waals surface area contributed by atoms with Gasteiger partial charge in [-0.15, -0.1) is 0 Å². The van der Waals surface area contributed by atoms with Crippen LogP contribution in [0.25, 0.3) is 0 Å². The second-order valence-corrected chi connectivity index (χ2v) is 5.23. The maximum absolute atomic E-state index is 5.83. The predicted molar refractivity (Wildman–Crippen MR) is 69.1 cm³/mol. The van der Waals surface area contributed by atoms with Crippen molar-refractivity contribution in [1.82, 2.24) is 5.32 Å². The van der Waals surface area contributed by atoms with Crippen LogP contribution in [0.5, 0.6) is 0 Å². The van der Waals surface area contributed by atoms with E-state index in [4.69, 9.17) is 5.73 Å². The maximum Gasteiger partial charge on any atom is 0.0277 e. The molecule has 2 nitrogen and oxygen atoms in total. The Labute approximate surface area is 96.0 Å². The zero-order valence-electron chi connectivity index (χ0n) is 11.1. The largest absolute Gasteiger partial charge is 0.329 e. The lowest BCUT2D eigenvalue weighted by molar-refractivity contribution is 0.302. The standard InChI is InChI=1S/C13H30N2/c1-5-6-7-8-9-10-13(4,11-14)15-12(2)3/h12,15H,5-11,14H2,1-4H3. The Balaban J connectivity index is 3.68. The van der Waals surface area contributed by atoms with Gasteiger partial charge in [-0.25, -0.2) is 0 Å². The topological polar surface area (TPSA) is 38.0 Å². The van der Waals surface area contributed by atoms with Crippen molar-refractivity contribution in [2.45, 2.75) is 77.8 Å². The van der Waals surface area contributed by atoms with Crippen molar-refractivity contribution in [2.75, 3.05) is 6.54 Å². The van der Waals surface area contributed by atoms with Gasteiger partial charge in [-0.3, -0.25) is 0 Å². The summed E-state index contributed by atoms with van der Waals surface area (Å²) in [5.74, 6) is 0. The fourth-order valence-corrected chi connectivity index (χ4v) is 2.05. The number of hydrogen-bond donors (Lipinski definition) is 2. The Bertz CT molecular complexity index is 145. The van der Waals surface area contributed by atoms with E-state index in [0.29, 0.717) is 6.04 Å². The highest BCUT2D eigenvalue weighted by Gasteiger charge is 2.21. The van der Waals surface area contributed by atoms with Crippen LogP contribution in [0.2, 0.25) is 0 Å². The van der Waals surface area contributed by atoms with Crippen molar-refractivity contribution in [3.63, 3.8) is 0 Å². The Kier molecular flexibility index (Phi) is 8.07. The van der Waals surface area contributed by atoms with Crippen LogP contribution in [0.1, 0.15) is 66.2 Å². The minimum Gasteiger partial charge on any atom is -0.329 e. The van der Waals surface area contributed by atoms with E-state index in [1.54, 1.807) is 0 Å². The van der Waals surface area contributed by atoms with E-state index in [1.165, 1.54) is 38.5 Å². The first-order valence-electron chi connectivity index (χ1n) is 6.52. The fourth-order valence-electron chi connectivity index (χ4n) is 2.05. The molecule has 92 valence electrons. The molecule has 15 heavy (non-hydrogen) atoms. The minimum absolute atomic E-state index is 0.139. The number of rotatable bonds is 9. The zero-order valence-corrected chi connectivity index (χ0v) is 11.1. The zero-order chi connectivity index (χ0) is 11.7. The summed E-state index contributed by atoms with van der Waals surface area (Å²) >= 11 is 0. The lowest BCUT2D eigenvalue weighted by Gasteiger charge is -2.32. The first-order chi connectivity index (χ1) is 7.04. The van der Waals surface area contributed by atoms with Gasteiger partial charge in [-0.2, -0.15) is 0 Å². The highest BCUT2D eigenvalue weighted by atomic mass is 15.0. The van der Waals surface area contributed by atoms with Gasteiger partial charge in [-0.05, 0) is 13.3 Å². The molecule has 0 bridgehead atoms. The summed E-state index contributed by atoms with van der Waals surface area (Å²) in [6, 6.07) is 0.522. The molecule has 0 aromatic carbocycles. The second-order valence-electron chi connectivity index (χ2n) is 5.23. The van der Waals surface area contributed by atoms with Gasteiger partial charge >= 0.3 is 0 Å². The van der Waals surface area contributed by atoms with Gasteiger partial charge in [0.05, 0.1) is 0 Å². The average Bonchev–Trinajstić information content (AvgIpc) is 2.16. The van der Waals surface area contributed by atoms with Crippen LogP contribution < -0.4 is 11.1 Å². The quantitative estimate of drug-likeness (QED) is 0.579. The summed E-state index contributed by atoms with van der Waals surface area (Å²) < 4.78 is 0. The van der Waals surface area contributed by atoms with Crippen LogP contribution in [0.4, 0.5) is 0 Å². The van der Waals surface area contributed by atoms with E-state index in [1.807, 2.05) is 0 Å². The van der Waals surface area contributed by atoms with Gasteiger partial charge in [0.15, 0.2) is 0 Å². The summed E-state index contributed by atoms with van der Waals surface area (Å²) in [6.45, 7) is 9.60. The van der Waals surface area contributed by atoms with Gasteiger partial charge < -0.3 is 11.1 Å². The van der Waals surface area contributed by atoms with E-state index in [9.17, 15) is 0 Å². The molecule has 0 aliphatic heterocycles.